The second-order valence-electron chi connectivity index (χ2n) is 22.5. The Kier molecular flexibility index (Phi) is 9.49. The number of nitrogens with zero attached hydrogens (tertiary/aromatic N) is 2. The minimum Gasteiger partial charge on any atom is -0.456 e. The monoisotopic (exact) mass is 848 g/mol. The second-order valence-corrected chi connectivity index (χ2v) is 23.4. The van der Waals surface area contributed by atoms with Gasteiger partial charge in [0, 0.05) is 43.6 Å². The van der Waals surface area contributed by atoms with Gasteiger partial charge in [0.05, 0.1) is 16.8 Å². The molecule has 0 bridgehead atoms. The normalized spacial score (nSPS) is 17.5. The first-order chi connectivity index (χ1) is 29.7. The fraction of sp³-hybridized carbons (Fsp3) is 0.356. The van der Waals surface area contributed by atoms with Crippen LogP contribution in [0.5, 0.6) is 0 Å². The van der Waals surface area contributed by atoms with E-state index in [-0.39, 0.29) is 27.1 Å². The number of aryl methyl sites for hydroxylation is 1. The van der Waals surface area contributed by atoms with E-state index < -0.39 is 0 Å². The van der Waals surface area contributed by atoms with E-state index >= 15 is 0 Å². The van der Waals surface area contributed by atoms with Crippen molar-refractivity contribution in [3.8, 4) is 0 Å². The average Bonchev–Trinajstić information content (AvgIpc) is 3.83. The number of furan rings is 1. The molecule has 0 saturated heterocycles. The lowest BCUT2D eigenvalue weighted by Gasteiger charge is -2.42. The molecule has 63 heavy (non-hydrogen) atoms. The number of anilines is 6. The Balaban J connectivity index is 1.23. The lowest BCUT2D eigenvalue weighted by molar-refractivity contribution is 0.332. The third kappa shape index (κ3) is 6.99. The Hall–Kier alpha value is -5.32. The molecule has 8 aromatic rings. The third-order valence-corrected chi connectivity index (χ3v) is 16.0. The summed E-state index contributed by atoms with van der Waals surface area (Å²) in [6.07, 6.45) is 4.72. The zero-order valence-corrected chi connectivity index (χ0v) is 40.4. The molecule has 3 nitrogen and oxygen atoms in total. The summed E-state index contributed by atoms with van der Waals surface area (Å²) in [6, 6.07) is 43.9. The summed E-state index contributed by atoms with van der Waals surface area (Å²) >= 11 is 1.87. The third-order valence-electron chi connectivity index (χ3n) is 15.0. The van der Waals surface area contributed by atoms with Gasteiger partial charge in [-0.15, -0.1) is 11.3 Å². The lowest BCUT2D eigenvalue weighted by atomic mass is 9.63. The van der Waals surface area contributed by atoms with Gasteiger partial charge in [-0.1, -0.05) is 119 Å². The molecule has 10 rings (SSSR count). The maximum atomic E-state index is 6.57. The Morgan fingerprint density at radius 1 is 0.492 bits per heavy atom. The van der Waals surface area contributed by atoms with Crippen LogP contribution in [-0.2, 0) is 27.1 Å². The number of hydrogen-bond acceptors (Lipinski definition) is 4. The van der Waals surface area contributed by atoms with E-state index in [0.717, 1.165) is 56.8 Å². The van der Waals surface area contributed by atoms with Crippen molar-refractivity contribution in [3.05, 3.63) is 154 Å². The Labute approximate surface area is 379 Å². The van der Waals surface area contributed by atoms with Crippen molar-refractivity contribution < 1.29 is 4.42 Å². The van der Waals surface area contributed by atoms with Crippen molar-refractivity contribution in [1.29, 1.82) is 0 Å². The van der Waals surface area contributed by atoms with E-state index in [9.17, 15) is 0 Å². The number of rotatable bonds is 6. The van der Waals surface area contributed by atoms with Crippen LogP contribution in [0.15, 0.2) is 125 Å². The van der Waals surface area contributed by atoms with Gasteiger partial charge in [-0.3, -0.25) is 0 Å². The van der Waals surface area contributed by atoms with Crippen molar-refractivity contribution in [1.82, 2.24) is 0 Å². The summed E-state index contributed by atoms with van der Waals surface area (Å²) in [6.45, 7) is 28.6. The summed E-state index contributed by atoms with van der Waals surface area (Å²) in [5.74, 6) is 0. The first-order valence-electron chi connectivity index (χ1n) is 23.2. The number of hydrogen-bond donors (Lipinski definition) is 0. The average molecular weight is 849 g/mol. The number of benzene rings is 6. The second kappa shape index (κ2) is 14.3. The molecule has 0 spiro atoms. The topological polar surface area (TPSA) is 19.6 Å². The molecule has 0 fully saturated rings. The molecule has 0 aliphatic heterocycles. The van der Waals surface area contributed by atoms with Crippen LogP contribution >= 0.6 is 11.3 Å². The molecule has 0 atom stereocenters. The molecule has 0 unspecified atom stereocenters. The molecule has 0 radical (unpaired) electrons. The molecule has 0 N–H and O–H groups in total. The highest BCUT2D eigenvalue weighted by Gasteiger charge is 2.39. The summed E-state index contributed by atoms with van der Waals surface area (Å²) in [5, 5.41) is 5.97. The smallest absolute Gasteiger partial charge is 0.137 e. The molecule has 4 heteroatoms. The molecule has 6 aromatic carbocycles. The van der Waals surface area contributed by atoms with Gasteiger partial charge in [0.25, 0.3) is 0 Å². The first kappa shape index (κ1) is 41.7. The Bertz CT molecular complexity index is 3070. The minimum atomic E-state index is 0.0455. The van der Waals surface area contributed by atoms with Gasteiger partial charge in [-0.2, -0.15) is 0 Å². The highest BCUT2D eigenvalue weighted by atomic mass is 32.1. The highest BCUT2D eigenvalue weighted by Crippen LogP contribution is 2.53. The van der Waals surface area contributed by atoms with Crippen LogP contribution < -0.4 is 9.80 Å². The van der Waals surface area contributed by atoms with Crippen molar-refractivity contribution in [2.24, 2.45) is 0 Å². The SMILES string of the molecule is Cc1cc(N(c2ccc(C(C)(C)C)cc2)c2csc3cc4c(cc23)C(C)(C)CCC4(C)C)cc(N(c2ccc3c(c2)C(C)(C)CCC3(C)C)c2cccc3oc4ccccc4c23)c1. The molecule has 0 amide bonds. The van der Waals surface area contributed by atoms with Crippen molar-refractivity contribution in [2.75, 3.05) is 9.80 Å². The Morgan fingerprint density at radius 2 is 1.05 bits per heavy atom. The zero-order valence-electron chi connectivity index (χ0n) is 39.6. The fourth-order valence-corrected chi connectivity index (χ4v) is 11.8. The van der Waals surface area contributed by atoms with Gasteiger partial charge < -0.3 is 14.2 Å². The lowest BCUT2D eigenvalue weighted by Crippen LogP contribution is -2.34. The molecule has 2 aliphatic rings. The van der Waals surface area contributed by atoms with Gasteiger partial charge >= 0.3 is 0 Å². The van der Waals surface area contributed by atoms with Gasteiger partial charge in [-0.05, 0) is 166 Å². The van der Waals surface area contributed by atoms with Crippen LogP contribution in [0.4, 0.5) is 34.1 Å². The zero-order chi connectivity index (χ0) is 44.4. The van der Waals surface area contributed by atoms with E-state index in [0.29, 0.717) is 0 Å². The molecular weight excluding hydrogens is 785 g/mol. The van der Waals surface area contributed by atoms with Gasteiger partial charge in [0.1, 0.15) is 11.2 Å². The first-order valence-corrected chi connectivity index (χ1v) is 24.0. The largest absolute Gasteiger partial charge is 0.456 e. The van der Waals surface area contributed by atoms with Crippen LogP contribution in [0.2, 0.25) is 0 Å². The van der Waals surface area contributed by atoms with Crippen LogP contribution in [-0.4, -0.2) is 0 Å². The predicted molar refractivity (Wildman–Crippen MR) is 272 cm³/mol. The van der Waals surface area contributed by atoms with Crippen molar-refractivity contribution in [3.63, 3.8) is 0 Å². The van der Waals surface area contributed by atoms with E-state index in [2.05, 4.69) is 214 Å². The summed E-state index contributed by atoms with van der Waals surface area (Å²) in [7, 11) is 0. The maximum Gasteiger partial charge on any atom is 0.137 e. The molecule has 2 aliphatic carbocycles. The summed E-state index contributed by atoms with van der Waals surface area (Å²) < 4.78 is 7.91. The van der Waals surface area contributed by atoms with E-state index in [1.807, 2.05) is 11.3 Å². The Morgan fingerprint density at radius 3 is 1.70 bits per heavy atom. The van der Waals surface area contributed by atoms with Crippen LogP contribution in [0, 0.1) is 6.92 Å². The van der Waals surface area contributed by atoms with E-state index in [4.69, 9.17) is 4.42 Å². The number of thiophene rings is 1. The summed E-state index contributed by atoms with van der Waals surface area (Å²) in [5.41, 5.74) is 17.6. The number of para-hydroxylation sites is 1. The van der Waals surface area contributed by atoms with Gasteiger partial charge in [0.15, 0.2) is 0 Å². The molecular formula is C59H64N2OS. The predicted octanol–water partition coefficient (Wildman–Crippen LogP) is 18.0. The molecule has 0 saturated carbocycles. The van der Waals surface area contributed by atoms with Crippen LogP contribution in [0.1, 0.15) is 135 Å². The fourth-order valence-electron chi connectivity index (χ4n) is 10.9. The minimum absolute atomic E-state index is 0.0455. The van der Waals surface area contributed by atoms with Crippen LogP contribution in [0.25, 0.3) is 32.0 Å². The van der Waals surface area contributed by atoms with E-state index in [1.165, 1.54) is 68.4 Å². The van der Waals surface area contributed by atoms with Crippen molar-refractivity contribution in [2.45, 2.75) is 136 Å². The quantitative estimate of drug-likeness (QED) is 0.166. The molecule has 322 valence electrons. The molecule has 2 aromatic heterocycles. The highest BCUT2D eigenvalue weighted by molar-refractivity contribution is 7.17. The van der Waals surface area contributed by atoms with Crippen molar-refractivity contribution >= 4 is 77.5 Å². The maximum absolute atomic E-state index is 6.57. The van der Waals surface area contributed by atoms with Crippen LogP contribution in [0.3, 0.4) is 0 Å². The standard InChI is InChI=1S/C59H64N2OS/c1-37-30-41(60(39-22-20-38(21-23-39)55(2,3)4)50-36-63-53-35-48-47(34-44(50)53)58(9,10)28-29-59(48,11)12)32-42(31-37)61(40-24-25-45-46(33-40)57(7,8)27-26-56(45,5)6)49-17-15-19-52-54(49)43-16-13-14-18-51(43)62-52/h13-25,30-36H,26-29H2,1-12H3. The molecule has 2 heterocycles. The van der Waals surface area contributed by atoms with E-state index in [1.54, 1.807) is 0 Å². The van der Waals surface area contributed by atoms with Gasteiger partial charge in [-0.25, -0.2) is 0 Å². The number of fused-ring (bicyclic) bond motifs is 6. The summed E-state index contributed by atoms with van der Waals surface area (Å²) in [4.78, 5) is 5.03. The van der Waals surface area contributed by atoms with Gasteiger partial charge in [0.2, 0.25) is 0 Å².